The fourth-order valence-corrected chi connectivity index (χ4v) is 2.40. The summed E-state index contributed by atoms with van der Waals surface area (Å²) in [7, 11) is 1.66. The third-order valence-corrected chi connectivity index (χ3v) is 3.26. The lowest BCUT2D eigenvalue weighted by Gasteiger charge is -2.29. The van der Waals surface area contributed by atoms with Crippen LogP contribution in [0.1, 0.15) is 38.5 Å². The highest BCUT2D eigenvalue weighted by Gasteiger charge is 2.21. The smallest absolute Gasteiger partial charge is 0.317 e. The maximum Gasteiger partial charge on any atom is 0.317 e. The number of methoxy groups -OCH3 is 1. The molecular weight excluding hydrogens is 206 g/mol. The molecule has 0 radical (unpaired) electrons. The van der Waals surface area contributed by atoms with Crippen molar-refractivity contribution >= 4 is 5.97 Å². The average molecular weight is 229 g/mol. The molecule has 0 atom stereocenters. The molecule has 0 bridgehead atoms. The number of carboxylic acids is 1. The number of carboxylic acid groups (broad SMARTS) is 1. The monoisotopic (exact) mass is 229 g/mol. The standard InChI is InChI=1S/C12H23NO3/c1-16-9-8-13(10-12(14)15)11-6-4-2-3-5-7-11/h11H,2-10H2,1H3,(H,14,15). The summed E-state index contributed by atoms with van der Waals surface area (Å²) in [6, 6.07) is 0.439. The Hall–Kier alpha value is -0.610. The molecule has 4 heteroatoms. The van der Waals surface area contributed by atoms with Gasteiger partial charge in [-0.3, -0.25) is 9.69 Å². The second kappa shape index (κ2) is 7.63. The van der Waals surface area contributed by atoms with E-state index < -0.39 is 5.97 Å². The van der Waals surface area contributed by atoms with Crippen molar-refractivity contribution in [3.8, 4) is 0 Å². The van der Waals surface area contributed by atoms with Crippen molar-refractivity contribution in [3.05, 3.63) is 0 Å². The molecule has 94 valence electrons. The summed E-state index contributed by atoms with van der Waals surface area (Å²) in [4.78, 5) is 12.9. The number of rotatable bonds is 6. The van der Waals surface area contributed by atoms with Crippen molar-refractivity contribution in [2.45, 2.75) is 44.6 Å². The largest absolute Gasteiger partial charge is 0.480 e. The molecule has 1 fully saturated rings. The predicted octanol–water partition coefficient (Wildman–Crippen LogP) is 1.74. The van der Waals surface area contributed by atoms with Crippen LogP contribution in [0.5, 0.6) is 0 Å². The first-order valence-corrected chi connectivity index (χ1v) is 6.19. The van der Waals surface area contributed by atoms with Gasteiger partial charge in [-0.15, -0.1) is 0 Å². The summed E-state index contributed by atoms with van der Waals surface area (Å²) in [6.07, 6.45) is 7.32. The lowest BCUT2D eigenvalue weighted by atomic mass is 10.1. The predicted molar refractivity (Wildman–Crippen MR) is 62.6 cm³/mol. The van der Waals surface area contributed by atoms with Crippen molar-refractivity contribution in [1.82, 2.24) is 4.90 Å². The van der Waals surface area contributed by atoms with Gasteiger partial charge in [0.1, 0.15) is 0 Å². The van der Waals surface area contributed by atoms with Gasteiger partial charge in [-0.25, -0.2) is 0 Å². The Kier molecular flexibility index (Phi) is 6.42. The Morgan fingerprint density at radius 3 is 2.44 bits per heavy atom. The molecular formula is C12H23NO3. The Bertz CT molecular complexity index is 200. The highest BCUT2D eigenvalue weighted by molar-refractivity contribution is 5.69. The Balaban J connectivity index is 2.46. The lowest BCUT2D eigenvalue weighted by molar-refractivity contribution is -0.139. The van der Waals surface area contributed by atoms with E-state index in [1.807, 2.05) is 0 Å². The second-order valence-electron chi connectivity index (χ2n) is 4.50. The Morgan fingerprint density at radius 2 is 1.94 bits per heavy atom. The maximum absolute atomic E-state index is 10.8. The minimum atomic E-state index is -0.736. The zero-order valence-electron chi connectivity index (χ0n) is 10.2. The maximum atomic E-state index is 10.8. The number of hydrogen-bond donors (Lipinski definition) is 1. The van der Waals surface area contributed by atoms with E-state index >= 15 is 0 Å². The molecule has 1 aliphatic carbocycles. The summed E-state index contributed by atoms with van der Waals surface area (Å²) >= 11 is 0. The summed E-state index contributed by atoms with van der Waals surface area (Å²) in [5.74, 6) is -0.736. The third kappa shape index (κ3) is 4.94. The van der Waals surface area contributed by atoms with Gasteiger partial charge < -0.3 is 9.84 Å². The van der Waals surface area contributed by atoms with Crippen LogP contribution in [0.3, 0.4) is 0 Å². The highest BCUT2D eigenvalue weighted by Crippen LogP contribution is 2.21. The number of aliphatic carboxylic acids is 1. The summed E-state index contributed by atoms with van der Waals surface area (Å²) in [5.41, 5.74) is 0. The molecule has 0 amide bonds. The topological polar surface area (TPSA) is 49.8 Å². The fraction of sp³-hybridized carbons (Fsp3) is 0.917. The highest BCUT2D eigenvalue weighted by atomic mass is 16.5. The first-order chi connectivity index (χ1) is 7.74. The molecule has 0 saturated heterocycles. The van der Waals surface area contributed by atoms with Crippen LogP contribution >= 0.6 is 0 Å². The van der Waals surface area contributed by atoms with E-state index in [2.05, 4.69) is 4.90 Å². The molecule has 1 N–H and O–H groups in total. The van der Waals surface area contributed by atoms with Crippen molar-refractivity contribution in [2.24, 2.45) is 0 Å². The quantitative estimate of drug-likeness (QED) is 0.705. The van der Waals surface area contributed by atoms with Gasteiger partial charge in [-0.2, -0.15) is 0 Å². The van der Waals surface area contributed by atoms with Gasteiger partial charge in [0.25, 0.3) is 0 Å². The van der Waals surface area contributed by atoms with Crippen LogP contribution in [-0.2, 0) is 9.53 Å². The number of nitrogens with zero attached hydrogens (tertiary/aromatic N) is 1. The first-order valence-electron chi connectivity index (χ1n) is 6.19. The molecule has 4 nitrogen and oxygen atoms in total. The summed E-state index contributed by atoms with van der Waals surface area (Å²) in [5, 5.41) is 8.90. The van der Waals surface area contributed by atoms with Crippen LogP contribution < -0.4 is 0 Å². The minimum Gasteiger partial charge on any atom is -0.480 e. The van der Waals surface area contributed by atoms with Crippen LogP contribution in [0.4, 0.5) is 0 Å². The van der Waals surface area contributed by atoms with E-state index in [-0.39, 0.29) is 6.54 Å². The van der Waals surface area contributed by atoms with Crippen molar-refractivity contribution < 1.29 is 14.6 Å². The molecule has 0 aromatic heterocycles. The van der Waals surface area contributed by atoms with Gasteiger partial charge >= 0.3 is 5.97 Å². The van der Waals surface area contributed by atoms with E-state index in [0.717, 1.165) is 19.4 Å². The first kappa shape index (κ1) is 13.5. The van der Waals surface area contributed by atoms with Gasteiger partial charge in [0.05, 0.1) is 13.2 Å². The molecule has 1 rings (SSSR count). The third-order valence-electron chi connectivity index (χ3n) is 3.26. The molecule has 0 heterocycles. The molecule has 1 aliphatic rings. The van der Waals surface area contributed by atoms with Crippen molar-refractivity contribution in [1.29, 1.82) is 0 Å². The lowest BCUT2D eigenvalue weighted by Crippen LogP contribution is -2.40. The Labute approximate surface area is 97.6 Å². The van der Waals surface area contributed by atoms with Crippen LogP contribution in [-0.4, -0.2) is 48.8 Å². The van der Waals surface area contributed by atoms with Gasteiger partial charge in [0.2, 0.25) is 0 Å². The molecule has 0 aromatic carbocycles. The summed E-state index contributed by atoms with van der Waals surface area (Å²) in [6.45, 7) is 1.49. The van der Waals surface area contributed by atoms with E-state index in [9.17, 15) is 4.79 Å². The number of carbonyl (C=O) groups is 1. The molecule has 16 heavy (non-hydrogen) atoms. The Morgan fingerprint density at radius 1 is 1.31 bits per heavy atom. The molecule has 0 aliphatic heterocycles. The SMILES string of the molecule is COCCN(CC(=O)O)C1CCCCCC1. The fourth-order valence-electron chi connectivity index (χ4n) is 2.40. The molecule has 0 unspecified atom stereocenters. The van der Waals surface area contributed by atoms with E-state index in [1.54, 1.807) is 7.11 Å². The van der Waals surface area contributed by atoms with Crippen LogP contribution in [0.15, 0.2) is 0 Å². The molecule has 0 spiro atoms. The molecule has 0 aromatic rings. The minimum absolute atomic E-state index is 0.147. The van der Waals surface area contributed by atoms with Crippen molar-refractivity contribution in [2.75, 3.05) is 26.8 Å². The van der Waals surface area contributed by atoms with E-state index in [4.69, 9.17) is 9.84 Å². The zero-order valence-corrected chi connectivity index (χ0v) is 10.2. The van der Waals surface area contributed by atoms with Crippen LogP contribution in [0, 0.1) is 0 Å². The molecule has 1 saturated carbocycles. The normalized spacial score (nSPS) is 18.6. The van der Waals surface area contributed by atoms with Crippen LogP contribution in [0.2, 0.25) is 0 Å². The van der Waals surface area contributed by atoms with E-state index in [1.165, 1.54) is 25.7 Å². The van der Waals surface area contributed by atoms with Gasteiger partial charge in [-0.1, -0.05) is 25.7 Å². The van der Waals surface area contributed by atoms with Gasteiger partial charge in [-0.05, 0) is 12.8 Å². The number of hydrogen-bond acceptors (Lipinski definition) is 3. The van der Waals surface area contributed by atoms with Gasteiger partial charge in [0.15, 0.2) is 0 Å². The average Bonchev–Trinajstić information content (AvgIpc) is 2.52. The van der Waals surface area contributed by atoms with E-state index in [0.29, 0.717) is 12.6 Å². The van der Waals surface area contributed by atoms with Crippen molar-refractivity contribution in [3.63, 3.8) is 0 Å². The summed E-state index contributed by atoms with van der Waals surface area (Å²) < 4.78 is 5.04. The second-order valence-corrected chi connectivity index (χ2v) is 4.50. The number of ether oxygens (including phenoxy) is 1. The van der Waals surface area contributed by atoms with Gasteiger partial charge in [0, 0.05) is 19.7 Å². The zero-order chi connectivity index (χ0) is 11.8. The van der Waals surface area contributed by atoms with Crippen LogP contribution in [0.25, 0.3) is 0 Å².